The van der Waals surface area contributed by atoms with Crippen LogP contribution >= 0.6 is 0 Å². The number of sulfonamides is 1. The number of anilines is 2. The maximum Gasteiger partial charge on any atom is 0.306 e. The van der Waals surface area contributed by atoms with Crippen LogP contribution in [-0.4, -0.2) is 36.9 Å². The summed E-state index contributed by atoms with van der Waals surface area (Å²) in [6, 6.07) is 5.93. The van der Waals surface area contributed by atoms with Crippen molar-refractivity contribution in [2.45, 2.75) is 75.7 Å². The molecule has 0 saturated heterocycles. The Balaban J connectivity index is 1.48. The third kappa shape index (κ3) is 7.69. The van der Waals surface area contributed by atoms with Gasteiger partial charge in [-0.2, -0.15) is 0 Å². The van der Waals surface area contributed by atoms with Crippen LogP contribution in [0.2, 0.25) is 0 Å². The molecule has 3 N–H and O–H groups in total. The van der Waals surface area contributed by atoms with Crippen LogP contribution < -0.4 is 10.5 Å². The minimum Gasteiger partial charge on any atom is -0.462 e. The van der Waals surface area contributed by atoms with Crippen LogP contribution in [0.3, 0.4) is 0 Å². The van der Waals surface area contributed by atoms with E-state index >= 15 is 0 Å². The number of rotatable bonds is 10. The first-order valence-electron chi connectivity index (χ1n) is 11.1. The highest BCUT2D eigenvalue weighted by molar-refractivity contribution is 7.89. The molecule has 1 saturated carbocycles. The molecule has 1 aliphatic carbocycles. The van der Waals surface area contributed by atoms with E-state index in [1.807, 2.05) is 0 Å². The number of aromatic nitrogens is 2. The van der Waals surface area contributed by atoms with Crippen LogP contribution in [0, 0.1) is 5.41 Å². The highest BCUT2D eigenvalue weighted by Crippen LogP contribution is 2.36. The quantitative estimate of drug-likeness (QED) is 0.464. The van der Waals surface area contributed by atoms with E-state index in [-0.39, 0.29) is 35.7 Å². The molecule has 0 spiro atoms. The number of primary sulfonamides is 1. The second kappa shape index (κ2) is 10.7. The van der Waals surface area contributed by atoms with E-state index in [4.69, 9.17) is 9.88 Å². The molecule has 0 amide bonds. The Morgan fingerprint density at radius 2 is 1.85 bits per heavy atom. The molecule has 1 aromatic heterocycles. The summed E-state index contributed by atoms with van der Waals surface area (Å²) in [5.74, 6) is 0.174. The lowest BCUT2D eigenvalue weighted by atomic mass is 9.84. The third-order valence-electron chi connectivity index (χ3n) is 5.98. The number of ether oxygens (including phenoxy) is 1. The number of alkyl halides is 2. The summed E-state index contributed by atoms with van der Waals surface area (Å²) in [5.41, 5.74) is 0.944. The van der Waals surface area contributed by atoms with Crippen LogP contribution in [0.4, 0.5) is 20.4 Å². The summed E-state index contributed by atoms with van der Waals surface area (Å²) >= 11 is 0. The SMILES string of the molecule is CC(C)(CCC(=O)O[C@H]1CC[C@@H](c2cnc(Nc3ccc(S(N)(=O)=O)cc3)nc2)C1)CC(F)F. The van der Waals surface area contributed by atoms with Gasteiger partial charge in [0, 0.05) is 30.9 Å². The lowest BCUT2D eigenvalue weighted by Crippen LogP contribution is -2.20. The fraction of sp³-hybridized carbons (Fsp3) is 0.522. The fourth-order valence-corrected chi connectivity index (χ4v) is 4.54. The van der Waals surface area contributed by atoms with E-state index < -0.39 is 21.9 Å². The standard InChI is InChI=1S/C23H30F2N4O4S/c1-23(2,12-20(24)25)10-9-21(30)33-18-6-3-15(11-18)16-13-27-22(28-14-16)29-17-4-7-19(8-5-17)34(26,31)32/h4-5,7-8,13-15,18,20H,3,6,9-12H2,1-2H3,(H2,26,31,32)(H,27,28,29)/t15-,18+/m1/s1. The number of carbonyl (C=O) groups is 1. The van der Waals surface area contributed by atoms with E-state index in [9.17, 15) is 22.0 Å². The number of nitrogens with one attached hydrogen (secondary N) is 1. The predicted octanol–water partition coefficient (Wildman–Crippen LogP) is 4.51. The summed E-state index contributed by atoms with van der Waals surface area (Å²) < 4.78 is 53.5. The van der Waals surface area contributed by atoms with Gasteiger partial charge in [-0.25, -0.2) is 32.3 Å². The van der Waals surface area contributed by atoms with Gasteiger partial charge < -0.3 is 10.1 Å². The van der Waals surface area contributed by atoms with Crippen molar-refractivity contribution in [2.75, 3.05) is 5.32 Å². The second-order valence-electron chi connectivity index (χ2n) is 9.42. The van der Waals surface area contributed by atoms with Crippen LogP contribution in [0.5, 0.6) is 0 Å². The Bertz CT molecular complexity index is 1080. The molecule has 3 rings (SSSR count). The number of carbonyl (C=O) groups excluding carboxylic acids is 1. The van der Waals surface area contributed by atoms with Crippen molar-refractivity contribution in [3.05, 3.63) is 42.2 Å². The van der Waals surface area contributed by atoms with Gasteiger partial charge in [-0.15, -0.1) is 0 Å². The summed E-state index contributed by atoms with van der Waals surface area (Å²) in [6.45, 7) is 3.46. The van der Waals surface area contributed by atoms with E-state index in [0.717, 1.165) is 18.4 Å². The first kappa shape index (κ1) is 26.0. The van der Waals surface area contributed by atoms with Crippen molar-refractivity contribution in [3.8, 4) is 0 Å². The van der Waals surface area contributed by atoms with Gasteiger partial charge in [0.25, 0.3) is 0 Å². The molecule has 11 heteroatoms. The van der Waals surface area contributed by atoms with Gasteiger partial charge >= 0.3 is 5.97 Å². The van der Waals surface area contributed by atoms with E-state index in [2.05, 4.69) is 15.3 Å². The van der Waals surface area contributed by atoms with Crippen molar-refractivity contribution in [3.63, 3.8) is 0 Å². The first-order valence-corrected chi connectivity index (χ1v) is 12.7. The van der Waals surface area contributed by atoms with Gasteiger partial charge in [0.15, 0.2) is 0 Å². The molecule has 1 fully saturated rings. The number of nitrogens with zero attached hydrogens (tertiary/aromatic N) is 2. The normalized spacial score (nSPS) is 18.8. The molecule has 1 aliphatic rings. The lowest BCUT2D eigenvalue weighted by Gasteiger charge is -2.23. The maximum absolute atomic E-state index is 12.6. The summed E-state index contributed by atoms with van der Waals surface area (Å²) in [5, 5.41) is 8.09. The predicted molar refractivity (Wildman–Crippen MR) is 123 cm³/mol. The first-order chi connectivity index (χ1) is 15.9. The Morgan fingerprint density at radius 3 is 2.44 bits per heavy atom. The molecule has 34 heavy (non-hydrogen) atoms. The van der Waals surface area contributed by atoms with Crippen molar-refractivity contribution >= 4 is 27.6 Å². The van der Waals surface area contributed by atoms with E-state index in [1.54, 1.807) is 38.4 Å². The second-order valence-corrected chi connectivity index (χ2v) is 11.0. The number of esters is 1. The number of nitrogens with two attached hydrogens (primary N) is 1. The minimum atomic E-state index is -3.75. The summed E-state index contributed by atoms with van der Waals surface area (Å²) in [6.07, 6.45) is 3.32. The van der Waals surface area contributed by atoms with Crippen molar-refractivity contribution < 1.29 is 26.7 Å². The van der Waals surface area contributed by atoms with Crippen LogP contribution in [0.1, 0.15) is 63.9 Å². The van der Waals surface area contributed by atoms with E-state index in [0.29, 0.717) is 24.5 Å². The molecule has 186 valence electrons. The molecule has 2 atom stereocenters. The summed E-state index contributed by atoms with van der Waals surface area (Å²) in [4.78, 5) is 20.8. The molecule has 0 unspecified atom stereocenters. The Labute approximate surface area is 198 Å². The van der Waals surface area contributed by atoms with Crippen LogP contribution in [0.15, 0.2) is 41.6 Å². The molecule has 0 radical (unpaired) electrons. The zero-order chi connectivity index (χ0) is 24.9. The molecule has 1 aromatic carbocycles. The smallest absolute Gasteiger partial charge is 0.306 e. The molecule has 2 aromatic rings. The Hall–Kier alpha value is -2.66. The average Bonchev–Trinajstić information content (AvgIpc) is 3.20. The Morgan fingerprint density at radius 1 is 1.21 bits per heavy atom. The van der Waals surface area contributed by atoms with Gasteiger partial charge in [-0.1, -0.05) is 13.8 Å². The van der Waals surface area contributed by atoms with Crippen molar-refractivity contribution in [1.29, 1.82) is 0 Å². The topological polar surface area (TPSA) is 124 Å². The van der Waals surface area contributed by atoms with Gasteiger partial charge in [-0.3, -0.25) is 4.79 Å². The Kier molecular flexibility index (Phi) is 8.19. The molecule has 8 nitrogen and oxygen atoms in total. The molecular formula is C23H30F2N4O4S. The number of halogens is 2. The average molecular weight is 497 g/mol. The molecule has 0 bridgehead atoms. The van der Waals surface area contributed by atoms with Gasteiger partial charge in [0.05, 0.1) is 4.90 Å². The van der Waals surface area contributed by atoms with Crippen molar-refractivity contribution in [1.82, 2.24) is 9.97 Å². The molecule has 1 heterocycles. The van der Waals surface area contributed by atoms with Gasteiger partial charge in [0.2, 0.25) is 22.4 Å². The highest BCUT2D eigenvalue weighted by atomic mass is 32.2. The van der Waals surface area contributed by atoms with Gasteiger partial charge in [-0.05, 0) is 66.8 Å². The van der Waals surface area contributed by atoms with Crippen LogP contribution in [0.25, 0.3) is 0 Å². The van der Waals surface area contributed by atoms with Crippen LogP contribution in [-0.2, 0) is 19.6 Å². The lowest BCUT2D eigenvalue weighted by molar-refractivity contribution is -0.149. The zero-order valence-corrected chi connectivity index (χ0v) is 20.0. The largest absolute Gasteiger partial charge is 0.462 e. The molecular weight excluding hydrogens is 466 g/mol. The zero-order valence-electron chi connectivity index (χ0n) is 19.2. The minimum absolute atomic E-state index is 0.0164. The highest BCUT2D eigenvalue weighted by Gasteiger charge is 2.30. The monoisotopic (exact) mass is 496 g/mol. The third-order valence-corrected chi connectivity index (χ3v) is 6.91. The van der Waals surface area contributed by atoms with Crippen molar-refractivity contribution in [2.24, 2.45) is 10.6 Å². The molecule has 0 aliphatic heterocycles. The summed E-state index contributed by atoms with van der Waals surface area (Å²) in [7, 11) is -3.75. The van der Waals surface area contributed by atoms with Gasteiger partial charge in [0.1, 0.15) is 6.10 Å². The van der Waals surface area contributed by atoms with E-state index in [1.165, 1.54) is 12.1 Å². The number of hydrogen-bond donors (Lipinski definition) is 2. The number of hydrogen-bond acceptors (Lipinski definition) is 7. The number of benzene rings is 1. The fourth-order valence-electron chi connectivity index (χ4n) is 4.03. The maximum atomic E-state index is 12.6.